The third-order valence-corrected chi connectivity index (χ3v) is 4.45. The Hall–Kier alpha value is -1.13. The molecule has 2 aliphatic carbocycles. The molecule has 3 rings (SSSR count). The third kappa shape index (κ3) is 1.94. The maximum Gasteiger partial charge on any atom is 0.169 e. The van der Waals surface area contributed by atoms with Crippen molar-refractivity contribution in [2.45, 2.75) is 31.6 Å². The molecule has 2 aliphatic rings. The normalized spacial score (nSPS) is 27.6. The molecular formula is C15H19FO3. The van der Waals surface area contributed by atoms with Crippen LogP contribution in [0.2, 0.25) is 0 Å². The highest BCUT2D eigenvalue weighted by Crippen LogP contribution is 2.62. The molecule has 1 spiro atoms. The summed E-state index contributed by atoms with van der Waals surface area (Å²) in [5.74, 6) is 0.523. The van der Waals surface area contributed by atoms with Crippen LogP contribution in [0.1, 0.15) is 30.9 Å². The minimum atomic E-state index is -0.184. The molecule has 1 fully saturated rings. The average Bonchev–Trinajstić information content (AvgIpc) is 2.96. The van der Waals surface area contributed by atoms with E-state index in [9.17, 15) is 4.39 Å². The topological polar surface area (TPSA) is 27.7 Å². The van der Waals surface area contributed by atoms with Gasteiger partial charge in [-0.05, 0) is 43.7 Å². The van der Waals surface area contributed by atoms with Crippen LogP contribution in [-0.4, -0.2) is 20.3 Å². The summed E-state index contributed by atoms with van der Waals surface area (Å²) in [6, 6.07) is 3.71. The molecule has 1 saturated carbocycles. The van der Waals surface area contributed by atoms with E-state index in [0.29, 0.717) is 24.9 Å². The standard InChI is InChI=1S/C15H19FO3/c1-3-18-19-9-11-8-15(11)7-6-10-4-5-12(17-2)14(16)13(10)15/h4-5,11H,3,6-9H2,1-2H3. The van der Waals surface area contributed by atoms with Crippen LogP contribution in [0.5, 0.6) is 5.75 Å². The van der Waals surface area contributed by atoms with Gasteiger partial charge in [0.25, 0.3) is 0 Å². The predicted molar refractivity (Wildman–Crippen MR) is 68.6 cm³/mol. The lowest BCUT2D eigenvalue weighted by molar-refractivity contribution is -0.294. The molecule has 0 bridgehead atoms. The molecule has 19 heavy (non-hydrogen) atoms. The van der Waals surface area contributed by atoms with Gasteiger partial charge in [-0.15, -0.1) is 0 Å². The first-order valence-electron chi connectivity index (χ1n) is 6.83. The van der Waals surface area contributed by atoms with Crippen LogP contribution in [0.3, 0.4) is 0 Å². The molecule has 0 aliphatic heterocycles. The molecule has 0 aromatic heterocycles. The molecule has 2 atom stereocenters. The van der Waals surface area contributed by atoms with E-state index in [2.05, 4.69) is 0 Å². The first kappa shape index (κ1) is 12.9. The van der Waals surface area contributed by atoms with E-state index in [-0.39, 0.29) is 11.2 Å². The lowest BCUT2D eigenvalue weighted by atomic mass is 9.94. The zero-order valence-electron chi connectivity index (χ0n) is 11.4. The molecule has 0 N–H and O–H groups in total. The summed E-state index contributed by atoms with van der Waals surface area (Å²) in [6.07, 6.45) is 2.94. The van der Waals surface area contributed by atoms with Crippen LogP contribution < -0.4 is 4.74 Å². The minimum Gasteiger partial charge on any atom is -0.494 e. The van der Waals surface area contributed by atoms with Crippen molar-refractivity contribution in [3.63, 3.8) is 0 Å². The number of ether oxygens (including phenoxy) is 1. The predicted octanol–water partition coefficient (Wildman–Crippen LogP) is 3.01. The van der Waals surface area contributed by atoms with Crippen LogP contribution >= 0.6 is 0 Å². The number of halogens is 1. The second-order valence-corrected chi connectivity index (χ2v) is 5.36. The fourth-order valence-corrected chi connectivity index (χ4v) is 3.41. The van der Waals surface area contributed by atoms with Gasteiger partial charge in [-0.3, -0.25) is 0 Å². The van der Waals surface area contributed by atoms with Crippen molar-refractivity contribution in [3.8, 4) is 5.75 Å². The van der Waals surface area contributed by atoms with Gasteiger partial charge < -0.3 is 4.74 Å². The van der Waals surface area contributed by atoms with Crippen LogP contribution in [0, 0.1) is 11.7 Å². The summed E-state index contributed by atoms with van der Waals surface area (Å²) >= 11 is 0. The lowest BCUT2D eigenvalue weighted by Crippen LogP contribution is -2.12. The molecule has 3 nitrogen and oxygen atoms in total. The van der Waals surface area contributed by atoms with Crippen molar-refractivity contribution in [2.24, 2.45) is 5.92 Å². The molecule has 2 unspecified atom stereocenters. The Balaban J connectivity index is 1.83. The monoisotopic (exact) mass is 266 g/mol. The molecule has 104 valence electrons. The van der Waals surface area contributed by atoms with Gasteiger partial charge >= 0.3 is 0 Å². The first-order chi connectivity index (χ1) is 9.23. The molecule has 0 heterocycles. The summed E-state index contributed by atoms with van der Waals surface area (Å²) < 4.78 is 19.6. The fourth-order valence-electron chi connectivity index (χ4n) is 3.41. The number of benzene rings is 1. The summed E-state index contributed by atoms with van der Waals surface area (Å²) in [5.41, 5.74) is 1.94. The molecule has 0 saturated heterocycles. The lowest BCUT2D eigenvalue weighted by Gasteiger charge is -2.14. The van der Waals surface area contributed by atoms with E-state index >= 15 is 0 Å². The highest BCUT2D eigenvalue weighted by atomic mass is 19.1. The Labute approximate surface area is 112 Å². The second-order valence-electron chi connectivity index (χ2n) is 5.36. The Morgan fingerprint density at radius 2 is 2.21 bits per heavy atom. The number of hydrogen-bond donors (Lipinski definition) is 0. The van der Waals surface area contributed by atoms with E-state index in [4.69, 9.17) is 14.5 Å². The molecule has 4 heteroatoms. The Kier molecular flexibility index (Phi) is 3.23. The minimum absolute atomic E-state index is 0.0366. The van der Waals surface area contributed by atoms with Crippen molar-refractivity contribution >= 4 is 0 Å². The highest BCUT2D eigenvalue weighted by Gasteiger charge is 2.59. The maximum atomic E-state index is 14.5. The van der Waals surface area contributed by atoms with E-state index < -0.39 is 0 Å². The van der Waals surface area contributed by atoms with Gasteiger partial charge in [0.2, 0.25) is 0 Å². The van der Waals surface area contributed by atoms with Crippen LogP contribution in [-0.2, 0) is 21.6 Å². The average molecular weight is 266 g/mol. The number of hydrogen-bond acceptors (Lipinski definition) is 3. The number of fused-ring (bicyclic) bond motifs is 2. The summed E-state index contributed by atoms with van der Waals surface area (Å²) in [4.78, 5) is 10.1. The van der Waals surface area contributed by atoms with Gasteiger partial charge in [0.15, 0.2) is 11.6 Å². The van der Waals surface area contributed by atoms with E-state index in [1.54, 1.807) is 6.07 Å². The van der Waals surface area contributed by atoms with Crippen molar-refractivity contribution in [1.29, 1.82) is 0 Å². The summed E-state index contributed by atoms with van der Waals surface area (Å²) in [6.45, 7) is 2.97. The number of aryl methyl sites for hydroxylation is 1. The quantitative estimate of drug-likeness (QED) is 0.466. The van der Waals surface area contributed by atoms with Gasteiger partial charge in [-0.1, -0.05) is 6.07 Å². The van der Waals surface area contributed by atoms with Gasteiger partial charge in [-0.2, -0.15) is 0 Å². The molecule has 0 radical (unpaired) electrons. The van der Waals surface area contributed by atoms with Gasteiger partial charge in [0.1, 0.15) is 0 Å². The van der Waals surface area contributed by atoms with E-state index in [1.165, 1.54) is 7.11 Å². The fraction of sp³-hybridized carbons (Fsp3) is 0.600. The van der Waals surface area contributed by atoms with Crippen molar-refractivity contribution in [3.05, 3.63) is 29.1 Å². The van der Waals surface area contributed by atoms with Gasteiger partial charge in [-0.25, -0.2) is 14.2 Å². The summed E-state index contributed by atoms with van der Waals surface area (Å²) in [7, 11) is 1.51. The van der Waals surface area contributed by atoms with Crippen LogP contribution in [0.4, 0.5) is 4.39 Å². The van der Waals surface area contributed by atoms with Crippen molar-refractivity contribution in [2.75, 3.05) is 20.3 Å². The third-order valence-electron chi connectivity index (χ3n) is 4.45. The highest BCUT2D eigenvalue weighted by molar-refractivity contribution is 5.50. The zero-order chi connectivity index (χ0) is 13.5. The number of rotatable bonds is 5. The maximum absolute atomic E-state index is 14.5. The van der Waals surface area contributed by atoms with Gasteiger partial charge in [0.05, 0.1) is 20.3 Å². The van der Waals surface area contributed by atoms with E-state index in [1.807, 2.05) is 13.0 Å². The molecule has 0 amide bonds. The SMILES string of the molecule is CCOOCC1CC12CCc1ccc(OC)c(F)c12. The summed E-state index contributed by atoms with van der Waals surface area (Å²) in [5, 5.41) is 0. The Morgan fingerprint density at radius 3 is 2.95 bits per heavy atom. The van der Waals surface area contributed by atoms with Crippen LogP contribution in [0.25, 0.3) is 0 Å². The molecular weight excluding hydrogens is 247 g/mol. The van der Waals surface area contributed by atoms with E-state index in [0.717, 1.165) is 30.4 Å². The van der Waals surface area contributed by atoms with Crippen molar-refractivity contribution in [1.82, 2.24) is 0 Å². The second kappa shape index (κ2) is 4.76. The van der Waals surface area contributed by atoms with Crippen LogP contribution in [0.15, 0.2) is 12.1 Å². The smallest absolute Gasteiger partial charge is 0.169 e. The Morgan fingerprint density at radius 1 is 1.37 bits per heavy atom. The van der Waals surface area contributed by atoms with Gasteiger partial charge in [0, 0.05) is 11.0 Å². The first-order valence-corrected chi connectivity index (χ1v) is 6.83. The zero-order valence-corrected chi connectivity index (χ0v) is 11.4. The molecule has 1 aromatic carbocycles. The van der Waals surface area contributed by atoms with Crippen molar-refractivity contribution < 1.29 is 18.9 Å². The largest absolute Gasteiger partial charge is 0.494 e. The Bertz CT molecular complexity index is 489. The number of methoxy groups -OCH3 is 1. The molecule has 1 aromatic rings.